The zero-order chi connectivity index (χ0) is 29.3. The van der Waals surface area contributed by atoms with Gasteiger partial charge in [-0.15, -0.1) is 0 Å². The van der Waals surface area contributed by atoms with Crippen LogP contribution >= 0.6 is 0 Å². The van der Waals surface area contributed by atoms with Crippen molar-refractivity contribution in [3.05, 3.63) is 71.4 Å². The molecule has 2 saturated heterocycles. The predicted octanol–water partition coefficient (Wildman–Crippen LogP) is 6.28. The van der Waals surface area contributed by atoms with Crippen LogP contribution < -0.4 is 19.7 Å². The summed E-state index contributed by atoms with van der Waals surface area (Å²) in [4.78, 5) is 9.62. The van der Waals surface area contributed by atoms with Gasteiger partial charge in [0.25, 0.3) is 0 Å². The second-order valence-corrected chi connectivity index (χ2v) is 11.7. The number of nitrogens with zero attached hydrogens (tertiary/aromatic N) is 3. The van der Waals surface area contributed by atoms with Gasteiger partial charge in [-0.05, 0) is 75.0 Å². The van der Waals surface area contributed by atoms with Crippen LogP contribution in [0.2, 0.25) is 0 Å². The molecular formula is C33H39F3N4O2. The van der Waals surface area contributed by atoms with E-state index >= 15 is 0 Å². The summed E-state index contributed by atoms with van der Waals surface area (Å²) in [6.45, 7) is 7.25. The highest BCUT2D eigenvalue weighted by Crippen LogP contribution is 2.47. The Labute approximate surface area is 245 Å². The number of benzene rings is 2. The molecule has 1 spiro atoms. The van der Waals surface area contributed by atoms with E-state index in [2.05, 4.69) is 22.3 Å². The van der Waals surface area contributed by atoms with Crippen LogP contribution in [0.4, 0.5) is 18.9 Å². The maximum Gasteiger partial charge on any atom is 0.421 e. The van der Waals surface area contributed by atoms with Crippen molar-refractivity contribution in [1.82, 2.24) is 15.2 Å². The molecule has 0 saturated carbocycles. The molecule has 4 heterocycles. The highest BCUT2D eigenvalue weighted by atomic mass is 19.4. The highest BCUT2D eigenvalue weighted by Gasteiger charge is 2.45. The molecule has 2 aromatic carbocycles. The quantitative estimate of drug-likeness (QED) is 0.355. The number of anilines is 1. The van der Waals surface area contributed by atoms with Crippen molar-refractivity contribution in [2.45, 2.75) is 56.8 Å². The average Bonchev–Trinajstić information content (AvgIpc) is 3.50. The maximum atomic E-state index is 14.2. The van der Waals surface area contributed by atoms with E-state index in [1.807, 2.05) is 36.1 Å². The number of piperidine rings is 1. The van der Waals surface area contributed by atoms with Crippen LogP contribution in [0.25, 0.3) is 11.3 Å². The van der Waals surface area contributed by atoms with E-state index in [9.17, 15) is 13.2 Å². The SMILES string of the molecule is CCOc1ccccc1-c1ccc2c(n1)CN(C[C@H]1CCCN1)CC21CCN(c2cccc(OC)c2C(F)(F)F)CC1. The third-order valence-electron chi connectivity index (χ3n) is 9.12. The van der Waals surface area contributed by atoms with E-state index in [0.717, 1.165) is 68.1 Å². The number of hydrogen-bond donors (Lipinski definition) is 1. The average molecular weight is 581 g/mol. The standard InChI is InChI=1S/C33H39F3N4O2/c1-3-42-29-11-5-4-9-24(29)26-14-13-25-27(38-26)21-39(20-23-8-7-17-37-23)22-32(25)15-18-40(19-16-32)28-10-6-12-30(41-2)31(28)33(34,35)36/h4-6,9-14,23,37H,3,7-8,15-22H2,1-2H3/t23-/m1/s1. The van der Waals surface area contributed by atoms with Gasteiger partial charge in [-0.2, -0.15) is 13.2 Å². The van der Waals surface area contributed by atoms with E-state index in [0.29, 0.717) is 25.7 Å². The Morgan fingerprint density at radius 2 is 1.81 bits per heavy atom. The van der Waals surface area contributed by atoms with Crippen molar-refractivity contribution in [2.24, 2.45) is 0 Å². The molecule has 3 aliphatic rings. The molecule has 0 amide bonds. The topological polar surface area (TPSA) is 49.9 Å². The fourth-order valence-electron chi connectivity index (χ4n) is 7.19. The Hall–Kier alpha value is -3.30. The lowest BCUT2D eigenvalue weighted by Crippen LogP contribution is -2.54. The Morgan fingerprint density at radius 3 is 2.52 bits per heavy atom. The van der Waals surface area contributed by atoms with E-state index in [1.54, 1.807) is 12.1 Å². The summed E-state index contributed by atoms with van der Waals surface area (Å²) in [6.07, 6.45) is -0.652. The number of rotatable bonds is 7. The fraction of sp³-hybridized carbons (Fsp3) is 0.485. The van der Waals surface area contributed by atoms with Crippen LogP contribution in [0.15, 0.2) is 54.6 Å². The molecule has 9 heteroatoms. The normalized spacial score (nSPS) is 20.5. The molecule has 1 N–H and O–H groups in total. The number of pyridine rings is 1. The number of ether oxygens (including phenoxy) is 2. The van der Waals surface area contributed by atoms with Crippen LogP contribution in [0.3, 0.4) is 0 Å². The van der Waals surface area contributed by atoms with Gasteiger partial charge in [-0.1, -0.05) is 24.3 Å². The summed E-state index contributed by atoms with van der Waals surface area (Å²) >= 11 is 0. The van der Waals surface area contributed by atoms with Gasteiger partial charge in [0.15, 0.2) is 0 Å². The second kappa shape index (κ2) is 11.8. The zero-order valence-electron chi connectivity index (χ0n) is 24.3. The number of fused-ring (bicyclic) bond motifs is 2. The van der Waals surface area contributed by atoms with Crippen LogP contribution in [0.1, 0.15) is 49.4 Å². The molecule has 0 aliphatic carbocycles. The molecule has 0 radical (unpaired) electrons. The van der Waals surface area contributed by atoms with Crippen LogP contribution in [-0.4, -0.2) is 62.4 Å². The van der Waals surface area contributed by atoms with Crippen LogP contribution in [0.5, 0.6) is 11.5 Å². The number of aromatic nitrogens is 1. The van der Waals surface area contributed by atoms with Gasteiger partial charge in [0.1, 0.15) is 17.1 Å². The molecule has 0 bridgehead atoms. The third-order valence-corrected chi connectivity index (χ3v) is 9.12. The summed E-state index contributed by atoms with van der Waals surface area (Å²) in [5.41, 5.74) is 3.48. The molecule has 6 nitrogen and oxygen atoms in total. The molecule has 42 heavy (non-hydrogen) atoms. The summed E-state index contributed by atoms with van der Waals surface area (Å²) in [6, 6.07) is 17.4. The van der Waals surface area contributed by atoms with E-state index in [-0.39, 0.29) is 16.9 Å². The Bertz CT molecular complexity index is 1400. The summed E-state index contributed by atoms with van der Waals surface area (Å²) in [5.74, 6) is 0.680. The number of para-hydroxylation sites is 1. The Kier molecular flexibility index (Phi) is 8.07. The minimum Gasteiger partial charge on any atom is -0.496 e. The first kappa shape index (κ1) is 28.8. The fourth-order valence-corrected chi connectivity index (χ4v) is 7.19. The Balaban J connectivity index is 1.33. The van der Waals surface area contributed by atoms with Crippen molar-refractivity contribution >= 4 is 5.69 Å². The summed E-state index contributed by atoms with van der Waals surface area (Å²) < 4.78 is 53.5. The second-order valence-electron chi connectivity index (χ2n) is 11.7. The maximum absolute atomic E-state index is 14.2. The number of halogens is 3. The van der Waals surface area contributed by atoms with Gasteiger partial charge in [0, 0.05) is 49.7 Å². The first-order chi connectivity index (χ1) is 20.3. The number of alkyl halides is 3. The smallest absolute Gasteiger partial charge is 0.421 e. The molecule has 224 valence electrons. The highest BCUT2D eigenvalue weighted by molar-refractivity contribution is 5.68. The predicted molar refractivity (Wildman–Crippen MR) is 158 cm³/mol. The van der Waals surface area contributed by atoms with Crippen molar-refractivity contribution in [2.75, 3.05) is 51.3 Å². The summed E-state index contributed by atoms with van der Waals surface area (Å²) in [7, 11) is 1.29. The van der Waals surface area contributed by atoms with Crippen LogP contribution in [0, 0.1) is 0 Å². The van der Waals surface area contributed by atoms with Gasteiger partial charge in [-0.3, -0.25) is 9.88 Å². The van der Waals surface area contributed by atoms with Gasteiger partial charge in [0.2, 0.25) is 0 Å². The largest absolute Gasteiger partial charge is 0.496 e. The zero-order valence-corrected chi connectivity index (χ0v) is 24.3. The number of methoxy groups -OCH3 is 1. The number of nitrogens with one attached hydrogen (secondary N) is 1. The van der Waals surface area contributed by atoms with Gasteiger partial charge in [-0.25, -0.2) is 0 Å². The van der Waals surface area contributed by atoms with E-state index in [1.165, 1.54) is 25.2 Å². The first-order valence-electron chi connectivity index (χ1n) is 15.0. The first-order valence-corrected chi connectivity index (χ1v) is 15.0. The summed E-state index contributed by atoms with van der Waals surface area (Å²) in [5, 5.41) is 3.63. The molecule has 6 rings (SSSR count). The minimum atomic E-state index is -4.50. The van der Waals surface area contributed by atoms with Crippen molar-refractivity contribution in [1.29, 1.82) is 0 Å². The lowest BCUT2D eigenvalue weighted by Gasteiger charge is -2.49. The molecular weight excluding hydrogens is 541 g/mol. The molecule has 3 aromatic rings. The molecule has 3 aliphatic heterocycles. The van der Waals surface area contributed by atoms with E-state index in [4.69, 9.17) is 14.5 Å². The van der Waals surface area contributed by atoms with Gasteiger partial charge >= 0.3 is 6.18 Å². The van der Waals surface area contributed by atoms with Crippen molar-refractivity contribution < 1.29 is 22.6 Å². The molecule has 0 unspecified atom stereocenters. The monoisotopic (exact) mass is 580 g/mol. The van der Waals surface area contributed by atoms with Crippen molar-refractivity contribution in [3.8, 4) is 22.8 Å². The van der Waals surface area contributed by atoms with Gasteiger partial charge < -0.3 is 19.7 Å². The van der Waals surface area contributed by atoms with Gasteiger partial charge in [0.05, 0.1) is 30.8 Å². The molecule has 1 atom stereocenters. The Morgan fingerprint density at radius 1 is 1.02 bits per heavy atom. The third kappa shape index (κ3) is 5.56. The van der Waals surface area contributed by atoms with Crippen molar-refractivity contribution in [3.63, 3.8) is 0 Å². The lowest BCUT2D eigenvalue weighted by atomic mass is 9.69. The number of hydrogen-bond acceptors (Lipinski definition) is 6. The molecule has 2 fully saturated rings. The van der Waals surface area contributed by atoms with Crippen LogP contribution in [-0.2, 0) is 18.1 Å². The minimum absolute atomic E-state index is 0.136. The van der Waals surface area contributed by atoms with E-state index < -0.39 is 11.7 Å². The molecule has 1 aromatic heterocycles. The lowest BCUT2D eigenvalue weighted by molar-refractivity contribution is -0.138.